The molecule has 1 aliphatic rings. The molecule has 2 atom stereocenters. The van der Waals surface area contributed by atoms with Crippen LogP contribution in [-0.2, 0) is 19.1 Å². The van der Waals surface area contributed by atoms with E-state index in [1.54, 1.807) is 32.3 Å². The highest BCUT2D eigenvalue weighted by molar-refractivity contribution is 6.38. The number of aromatic nitrogens is 1. The number of carbonyl (C=O) groups is 3. The second kappa shape index (κ2) is 8.43. The summed E-state index contributed by atoms with van der Waals surface area (Å²) in [6.07, 6.45) is 5.23. The minimum atomic E-state index is -0.783. The molecule has 26 heavy (non-hydrogen) atoms. The van der Waals surface area contributed by atoms with Crippen molar-refractivity contribution in [3.05, 3.63) is 30.1 Å². The summed E-state index contributed by atoms with van der Waals surface area (Å²) >= 11 is 0. The lowest BCUT2D eigenvalue weighted by Crippen LogP contribution is -2.49. The monoisotopic (exact) mass is 360 g/mol. The molecule has 1 aromatic rings. The summed E-state index contributed by atoms with van der Waals surface area (Å²) in [5, 5.41) is 0. The molecule has 0 spiro atoms. The Morgan fingerprint density at radius 3 is 2.62 bits per heavy atom. The number of amides is 1. The number of likely N-dealkylation sites (tertiary alicyclic amines) is 1. The Labute approximate surface area is 154 Å². The first-order valence-electron chi connectivity index (χ1n) is 9.25. The molecule has 6 heteroatoms. The molecular weight excluding hydrogens is 332 g/mol. The number of esters is 1. The van der Waals surface area contributed by atoms with Crippen LogP contribution in [0.4, 0.5) is 0 Å². The third-order valence-corrected chi connectivity index (χ3v) is 5.15. The highest BCUT2D eigenvalue weighted by Crippen LogP contribution is 2.35. The van der Waals surface area contributed by atoms with E-state index in [2.05, 4.69) is 4.98 Å². The Balaban J connectivity index is 2.31. The van der Waals surface area contributed by atoms with E-state index in [0.717, 1.165) is 5.56 Å². The third-order valence-electron chi connectivity index (χ3n) is 5.15. The number of rotatable bonds is 7. The van der Waals surface area contributed by atoms with Gasteiger partial charge in [-0.2, -0.15) is 0 Å². The smallest absolute Gasteiger partial charge is 0.329 e. The maximum Gasteiger partial charge on any atom is 0.329 e. The average Bonchev–Trinajstić information content (AvgIpc) is 3.10. The van der Waals surface area contributed by atoms with Crippen LogP contribution < -0.4 is 0 Å². The van der Waals surface area contributed by atoms with Gasteiger partial charge in [-0.05, 0) is 30.9 Å². The topological polar surface area (TPSA) is 76.6 Å². The number of nitrogens with zero attached hydrogens (tertiary/aromatic N) is 2. The van der Waals surface area contributed by atoms with Gasteiger partial charge >= 0.3 is 5.97 Å². The van der Waals surface area contributed by atoms with Crippen molar-refractivity contribution in [2.45, 2.75) is 58.9 Å². The van der Waals surface area contributed by atoms with Crippen LogP contribution in [0.3, 0.4) is 0 Å². The number of Topliss-reactive ketones (excluding diaryl/α,β-unsaturated/α-hetero) is 1. The van der Waals surface area contributed by atoms with E-state index in [1.165, 1.54) is 4.90 Å². The molecule has 1 aromatic heterocycles. The van der Waals surface area contributed by atoms with Gasteiger partial charge in [-0.15, -0.1) is 0 Å². The summed E-state index contributed by atoms with van der Waals surface area (Å²) in [5.74, 6) is -1.72. The Morgan fingerprint density at radius 2 is 2.04 bits per heavy atom. The number of pyridine rings is 1. The summed E-state index contributed by atoms with van der Waals surface area (Å²) in [5.41, 5.74) is 0.130. The number of ketones is 1. The number of ether oxygens (including phenoxy) is 1. The Hall–Kier alpha value is -2.24. The number of hydrogen-bond acceptors (Lipinski definition) is 5. The second-order valence-electron chi connectivity index (χ2n) is 7.36. The van der Waals surface area contributed by atoms with E-state index < -0.39 is 29.1 Å². The summed E-state index contributed by atoms with van der Waals surface area (Å²) in [6.45, 7) is 7.96. The average molecular weight is 360 g/mol. The van der Waals surface area contributed by atoms with Crippen molar-refractivity contribution in [2.75, 3.05) is 13.2 Å². The highest BCUT2D eigenvalue weighted by atomic mass is 16.5. The summed E-state index contributed by atoms with van der Waals surface area (Å²) in [7, 11) is 0. The zero-order valence-electron chi connectivity index (χ0n) is 16.0. The van der Waals surface area contributed by atoms with Crippen LogP contribution in [0.5, 0.6) is 0 Å². The lowest BCUT2D eigenvalue weighted by molar-refractivity contribution is -0.157. The molecule has 142 valence electrons. The standard InChI is InChI=1S/C20H28N2O4/c1-5-12-26-19(25)16-15(14-8-7-10-21-13-14)9-11-22(16)18(24)17(23)20(3,4)6-2/h7-8,10,13,15-16H,5-6,9,11-12H2,1-4H3/t15?,16-/m0/s1. The predicted molar refractivity (Wildman–Crippen MR) is 97.4 cm³/mol. The highest BCUT2D eigenvalue weighted by Gasteiger charge is 2.47. The number of carbonyl (C=O) groups excluding carboxylic acids is 3. The fourth-order valence-electron chi connectivity index (χ4n) is 3.12. The van der Waals surface area contributed by atoms with Crippen LogP contribution in [-0.4, -0.2) is 46.7 Å². The van der Waals surface area contributed by atoms with Crippen molar-refractivity contribution in [3.8, 4) is 0 Å². The predicted octanol–water partition coefficient (Wildman–Crippen LogP) is 2.72. The molecular formula is C20H28N2O4. The van der Waals surface area contributed by atoms with Gasteiger partial charge in [0.15, 0.2) is 0 Å². The van der Waals surface area contributed by atoms with Gasteiger partial charge in [0.2, 0.25) is 5.78 Å². The molecule has 1 amide bonds. The molecule has 1 unspecified atom stereocenters. The zero-order chi connectivity index (χ0) is 19.3. The van der Waals surface area contributed by atoms with E-state index in [4.69, 9.17) is 4.74 Å². The van der Waals surface area contributed by atoms with Crippen molar-refractivity contribution in [1.29, 1.82) is 0 Å². The minimum Gasteiger partial charge on any atom is -0.464 e. The lowest BCUT2D eigenvalue weighted by atomic mass is 9.84. The summed E-state index contributed by atoms with van der Waals surface area (Å²) < 4.78 is 5.33. The van der Waals surface area contributed by atoms with Crippen LogP contribution in [0.15, 0.2) is 24.5 Å². The molecule has 1 saturated heterocycles. The maximum atomic E-state index is 12.9. The Morgan fingerprint density at radius 1 is 1.31 bits per heavy atom. The molecule has 6 nitrogen and oxygen atoms in total. The van der Waals surface area contributed by atoms with E-state index >= 15 is 0 Å². The van der Waals surface area contributed by atoms with Gasteiger partial charge in [-0.1, -0.05) is 33.8 Å². The fourth-order valence-corrected chi connectivity index (χ4v) is 3.12. The van der Waals surface area contributed by atoms with Crippen molar-refractivity contribution in [2.24, 2.45) is 5.41 Å². The Kier molecular flexibility index (Phi) is 6.51. The van der Waals surface area contributed by atoms with Gasteiger partial charge in [-0.3, -0.25) is 14.6 Å². The summed E-state index contributed by atoms with van der Waals surface area (Å²) in [4.78, 5) is 43.7. The molecule has 0 aromatic carbocycles. The lowest BCUT2D eigenvalue weighted by Gasteiger charge is -2.29. The maximum absolute atomic E-state index is 12.9. The number of hydrogen-bond donors (Lipinski definition) is 0. The van der Waals surface area contributed by atoms with E-state index in [1.807, 2.05) is 19.9 Å². The molecule has 0 bridgehead atoms. The molecule has 0 saturated carbocycles. The largest absolute Gasteiger partial charge is 0.464 e. The van der Waals surface area contributed by atoms with Crippen LogP contribution >= 0.6 is 0 Å². The molecule has 0 N–H and O–H groups in total. The van der Waals surface area contributed by atoms with Crippen molar-refractivity contribution >= 4 is 17.7 Å². The second-order valence-corrected chi connectivity index (χ2v) is 7.36. The minimum absolute atomic E-state index is 0.213. The van der Waals surface area contributed by atoms with Gasteiger partial charge in [0.05, 0.1) is 6.61 Å². The normalized spacial score (nSPS) is 20.1. The van der Waals surface area contributed by atoms with Gasteiger partial charge in [-0.25, -0.2) is 4.79 Å². The fraction of sp³-hybridized carbons (Fsp3) is 0.600. The molecule has 0 radical (unpaired) electrons. The van der Waals surface area contributed by atoms with Gasteiger partial charge in [0.25, 0.3) is 5.91 Å². The van der Waals surface area contributed by atoms with Gasteiger partial charge in [0.1, 0.15) is 6.04 Å². The first kappa shape index (κ1) is 20.1. The van der Waals surface area contributed by atoms with Gasteiger partial charge in [0, 0.05) is 30.3 Å². The van der Waals surface area contributed by atoms with Crippen molar-refractivity contribution in [3.63, 3.8) is 0 Å². The van der Waals surface area contributed by atoms with Gasteiger partial charge < -0.3 is 9.64 Å². The molecule has 1 aliphatic heterocycles. The Bertz CT molecular complexity index is 657. The third kappa shape index (κ3) is 4.11. The first-order chi connectivity index (χ1) is 12.3. The molecule has 2 rings (SSSR count). The zero-order valence-corrected chi connectivity index (χ0v) is 16.0. The van der Waals surface area contributed by atoms with Crippen LogP contribution in [0.1, 0.15) is 58.4 Å². The molecule has 2 heterocycles. The van der Waals surface area contributed by atoms with Crippen LogP contribution in [0, 0.1) is 5.41 Å². The quantitative estimate of drug-likeness (QED) is 0.552. The van der Waals surface area contributed by atoms with Crippen molar-refractivity contribution < 1.29 is 19.1 Å². The van der Waals surface area contributed by atoms with Crippen molar-refractivity contribution in [1.82, 2.24) is 9.88 Å². The van der Waals surface area contributed by atoms with E-state index in [9.17, 15) is 14.4 Å². The molecule has 0 aliphatic carbocycles. The molecule has 1 fully saturated rings. The SMILES string of the molecule is CCCOC(=O)[C@@H]1C(c2cccnc2)CCN1C(=O)C(=O)C(C)(C)CC. The first-order valence-corrected chi connectivity index (χ1v) is 9.25. The van der Waals surface area contributed by atoms with E-state index in [-0.39, 0.29) is 5.92 Å². The van der Waals surface area contributed by atoms with E-state index in [0.29, 0.717) is 32.4 Å². The van der Waals surface area contributed by atoms with Crippen LogP contribution in [0.2, 0.25) is 0 Å². The summed E-state index contributed by atoms with van der Waals surface area (Å²) in [6, 6.07) is 2.92. The van der Waals surface area contributed by atoms with Crippen LogP contribution in [0.25, 0.3) is 0 Å².